The minimum atomic E-state index is 0.609. The van der Waals surface area contributed by atoms with Crippen molar-refractivity contribution in [1.29, 1.82) is 0 Å². The van der Waals surface area contributed by atoms with Gasteiger partial charge in [-0.2, -0.15) is 0 Å². The summed E-state index contributed by atoms with van der Waals surface area (Å²) in [7, 11) is 0. The standard InChI is InChI=1S/C17H29N/c1-5-12-18-17(13-14(3)4)16(6-2)15-10-8-7-9-11-15/h7-11,14,16-18H,5-6,12-13H2,1-4H3. The summed E-state index contributed by atoms with van der Waals surface area (Å²) in [5.41, 5.74) is 1.48. The van der Waals surface area contributed by atoms with Crippen LogP contribution < -0.4 is 5.32 Å². The molecule has 1 rings (SSSR count). The third-order valence-corrected chi connectivity index (χ3v) is 3.54. The lowest BCUT2D eigenvalue weighted by Crippen LogP contribution is -2.36. The van der Waals surface area contributed by atoms with Gasteiger partial charge in [-0.25, -0.2) is 0 Å². The molecule has 0 radical (unpaired) electrons. The monoisotopic (exact) mass is 247 g/mol. The zero-order valence-corrected chi connectivity index (χ0v) is 12.4. The first-order valence-corrected chi connectivity index (χ1v) is 7.47. The van der Waals surface area contributed by atoms with Crippen molar-refractivity contribution in [3.8, 4) is 0 Å². The third-order valence-electron chi connectivity index (χ3n) is 3.54. The quantitative estimate of drug-likeness (QED) is 0.708. The molecule has 0 saturated carbocycles. The summed E-state index contributed by atoms with van der Waals surface area (Å²) in [6.45, 7) is 10.3. The first-order chi connectivity index (χ1) is 8.69. The molecule has 0 aliphatic carbocycles. The molecule has 1 nitrogen and oxygen atoms in total. The van der Waals surface area contributed by atoms with Gasteiger partial charge in [-0.15, -0.1) is 0 Å². The van der Waals surface area contributed by atoms with Gasteiger partial charge < -0.3 is 5.32 Å². The molecule has 0 spiro atoms. The van der Waals surface area contributed by atoms with E-state index in [1.54, 1.807) is 0 Å². The SMILES string of the molecule is CCCNC(CC(C)C)C(CC)c1ccccc1. The van der Waals surface area contributed by atoms with Crippen molar-refractivity contribution < 1.29 is 0 Å². The zero-order valence-electron chi connectivity index (χ0n) is 12.4. The maximum atomic E-state index is 3.75. The molecular formula is C17H29N. The number of nitrogens with one attached hydrogen (secondary N) is 1. The molecule has 1 heteroatoms. The van der Waals surface area contributed by atoms with Crippen LogP contribution in [0.4, 0.5) is 0 Å². The molecule has 0 aromatic heterocycles. The molecule has 0 aliphatic rings. The van der Waals surface area contributed by atoms with Gasteiger partial charge in [0.15, 0.2) is 0 Å². The summed E-state index contributed by atoms with van der Waals surface area (Å²) in [4.78, 5) is 0. The summed E-state index contributed by atoms with van der Waals surface area (Å²) in [6.07, 6.45) is 3.67. The highest BCUT2D eigenvalue weighted by molar-refractivity contribution is 5.21. The van der Waals surface area contributed by atoms with Gasteiger partial charge in [0.25, 0.3) is 0 Å². The summed E-state index contributed by atoms with van der Waals surface area (Å²) in [6, 6.07) is 11.6. The van der Waals surface area contributed by atoms with Crippen LogP contribution in [0.25, 0.3) is 0 Å². The predicted molar refractivity (Wildman–Crippen MR) is 81.0 cm³/mol. The second-order valence-corrected chi connectivity index (χ2v) is 5.62. The summed E-state index contributed by atoms with van der Waals surface area (Å²) >= 11 is 0. The molecule has 2 atom stereocenters. The van der Waals surface area contributed by atoms with Gasteiger partial charge in [-0.05, 0) is 43.2 Å². The van der Waals surface area contributed by atoms with Gasteiger partial charge in [0.05, 0.1) is 0 Å². The zero-order chi connectivity index (χ0) is 13.4. The van der Waals surface area contributed by atoms with E-state index in [0.29, 0.717) is 12.0 Å². The Balaban J connectivity index is 2.79. The second kappa shape index (κ2) is 8.31. The van der Waals surface area contributed by atoms with Crippen molar-refractivity contribution >= 4 is 0 Å². The van der Waals surface area contributed by atoms with Crippen molar-refractivity contribution in [2.24, 2.45) is 5.92 Å². The van der Waals surface area contributed by atoms with Crippen molar-refractivity contribution in [2.75, 3.05) is 6.54 Å². The average Bonchev–Trinajstić information content (AvgIpc) is 2.37. The smallest absolute Gasteiger partial charge is 0.0138 e. The maximum absolute atomic E-state index is 3.75. The number of benzene rings is 1. The molecular weight excluding hydrogens is 218 g/mol. The van der Waals surface area contributed by atoms with Gasteiger partial charge in [-0.1, -0.05) is 58.0 Å². The number of hydrogen-bond acceptors (Lipinski definition) is 1. The van der Waals surface area contributed by atoms with E-state index in [2.05, 4.69) is 63.3 Å². The molecule has 0 aliphatic heterocycles. The van der Waals surface area contributed by atoms with Gasteiger partial charge in [0.2, 0.25) is 0 Å². The van der Waals surface area contributed by atoms with E-state index < -0.39 is 0 Å². The lowest BCUT2D eigenvalue weighted by atomic mass is 9.84. The Hall–Kier alpha value is -0.820. The van der Waals surface area contributed by atoms with Crippen LogP contribution in [-0.4, -0.2) is 12.6 Å². The van der Waals surface area contributed by atoms with Crippen LogP contribution >= 0.6 is 0 Å². The molecule has 18 heavy (non-hydrogen) atoms. The Kier molecular flexibility index (Phi) is 7.04. The summed E-state index contributed by atoms with van der Waals surface area (Å²) < 4.78 is 0. The largest absolute Gasteiger partial charge is 0.313 e. The van der Waals surface area contributed by atoms with Crippen LogP contribution in [0.2, 0.25) is 0 Å². The molecule has 0 heterocycles. The van der Waals surface area contributed by atoms with Gasteiger partial charge >= 0.3 is 0 Å². The van der Waals surface area contributed by atoms with Crippen LogP contribution in [0, 0.1) is 5.92 Å². The summed E-state index contributed by atoms with van der Waals surface area (Å²) in [5.74, 6) is 1.39. The first-order valence-electron chi connectivity index (χ1n) is 7.47. The van der Waals surface area contributed by atoms with Crippen LogP contribution in [-0.2, 0) is 0 Å². The van der Waals surface area contributed by atoms with Gasteiger partial charge in [-0.3, -0.25) is 0 Å². The minimum absolute atomic E-state index is 0.609. The van der Waals surface area contributed by atoms with E-state index in [1.165, 1.54) is 24.8 Å². The van der Waals surface area contributed by atoms with E-state index in [-0.39, 0.29) is 0 Å². The van der Waals surface area contributed by atoms with Crippen LogP contribution in [0.5, 0.6) is 0 Å². The predicted octanol–water partition coefficient (Wildman–Crippen LogP) is 4.59. The first kappa shape index (κ1) is 15.2. The van der Waals surface area contributed by atoms with E-state index >= 15 is 0 Å². The normalized spacial score (nSPS) is 14.7. The third kappa shape index (κ3) is 4.81. The van der Waals surface area contributed by atoms with E-state index in [0.717, 1.165) is 12.5 Å². The molecule has 0 amide bonds. The van der Waals surface area contributed by atoms with E-state index in [9.17, 15) is 0 Å². The fraction of sp³-hybridized carbons (Fsp3) is 0.647. The Labute approximate surface area is 113 Å². The fourth-order valence-corrected chi connectivity index (χ4v) is 2.68. The minimum Gasteiger partial charge on any atom is -0.313 e. The Morgan fingerprint density at radius 2 is 1.72 bits per heavy atom. The van der Waals surface area contributed by atoms with Crippen molar-refractivity contribution in [3.63, 3.8) is 0 Å². The number of hydrogen-bond donors (Lipinski definition) is 1. The molecule has 0 bridgehead atoms. The highest BCUT2D eigenvalue weighted by atomic mass is 14.9. The molecule has 2 unspecified atom stereocenters. The summed E-state index contributed by atoms with van der Waals surface area (Å²) in [5, 5.41) is 3.75. The van der Waals surface area contributed by atoms with Gasteiger partial charge in [0.1, 0.15) is 0 Å². The van der Waals surface area contributed by atoms with Crippen LogP contribution in [0.15, 0.2) is 30.3 Å². The number of rotatable bonds is 8. The topological polar surface area (TPSA) is 12.0 Å². The molecule has 0 fully saturated rings. The molecule has 1 aromatic carbocycles. The lowest BCUT2D eigenvalue weighted by Gasteiger charge is -2.29. The van der Waals surface area contributed by atoms with E-state index in [4.69, 9.17) is 0 Å². The van der Waals surface area contributed by atoms with Gasteiger partial charge in [0, 0.05) is 6.04 Å². The molecule has 0 saturated heterocycles. The van der Waals surface area contributed by atoms with Crippen molar-refractivity contribution in [1.82, 2.24) is 5.32 Å². The molecule has 102 valence electrons. The molecule has 1 N–H and O–H groups in total. The fourth-order valence-electron chi connectivity index (χ4n) is 2.68. The average molecular weight is 247 g/mol. The Bertz CT molecular complexity index is 305. The maximum Gasteiger partial charge on any atom is 0.0138 e. The Morgan fingerprint density at radius 3 is 2.22 bits per heavy atom. The van der Waals surface area contributed by atoms with Crippen LogP contribution in [0.1, 0.15) is 58.4 Å². The Morgan fingerprint density at radius 1 is 1.06 bits per heavy atom. The van der Waals surface area contributed by atoms with Crippen molar-refractivity contribution in [3.05, 3.63) is 35.9 Å². The molecule has 1 aromatic rings. The van der Waals surface area contributed by atoms with E-state index in [1.807, 2.05) is 0 Å². The van der Waals surface area contributed by atoms with Crippen molar-refractivity contribution in [2.45, 2.75) is 58.9 Å². The highest BCUT2D eigenvalue weighted by Crippen LogP contribution is 2.27. The van der Waals surface area contributed by atoms with Crippen LogP contribution in [0.3, 0.4) is 0 Å². The highest BCUT2D eigenvalue weighted by Gasteiger charge is 2.21. The second-order valence-electron chi connectivity index (χ2n) is 5.62. The lowest BCUT2D eigenvalue weighted by molar-refractivity contribution is 0.358.